The van der Waals surface area contributed by atoms with E-state index in [1.54, 1.807) is 24.3 Å². The van der Waals surface area contributed by atoms with Crippen LogP contribution in [0.2, 0.25) is 0 Å². The number of rotatable bonds is 4. The zero-order valence-corrected chi connectivity index (χ0v) is 13.6. The molecule has 134 valence electrons. The second-order valence-electron chi connectivity index (χ2n) is 5.72. The molecule has 0 radical (unpaired) electrons. The second kappa shape index (κ2) is 7.30. The summed E-state index contributed by atoms with van der Waals surface area (Å²) < 4.78 is 26.4. The Morgan fingerprint density at radius 3 is 2.65 bits per heavy atom. The van der Waals surface area contributed by atoms with Gasteiger partial charge in [0.05, 0.1) is 17.1 Å². The van der Waals surface area contributed by atoms with E-state index in [0.29, 0.717) is 17.4 Å². The predicted molar refractivity (Wildman–Crippen MR) is 91.6 cm³/mol. The van der Waals surface area contributed by atoms with E-state index < -0.39 is 23.4 Å². The van der Waals surface area contributed by atoms with Gasteiger partial charge in [-0.2, -0.15) is 0 Å². The number of para-hydroxylation sites is 2. The van der Waals surface area contributed by atoms with E-state index in [1.165, 1.54) is 4.90 Å². The van der Waals surface area contributed by atoms with Crippen LogP contribution >= 0.6 is 0 Å². The van der Waals surface area contributed by atoms with Gasteiger partial charge in [-0.05, 0) is 24.3 Å². The smallest absolute Gasteiger partial charge is 0.244 e. The van der Waals surface area contributed by atoms with Crippen LogP contribution in [0.5, 0.6) is 0 Å². The third-order valence-electron chi connectivity index (χ3n) is 3.84. The summed E-state index contributed by atoms with van der Waals surface area (Å²) in [5.74, 6) is -2.96. The molecule has 3 amide bonds. The molecule has 0 fully saturated rings. The fraction of sp³-hybridized carbons (Fsp3) is 0.167. The first-order valence-electron chi connectivity index (χ1n) is 7.88. The lowest BCUT2D eigenvalue weighted by atomic mass is 10.1. The highest BCUT2D eigenvalue weighted by Gasteiger charge is 2.26. The molecular formula is C18H15F2N3O3. The summed E-state index contributed by atoms with van der Waals surface area (Å²) in [5.41, 5.74) is 0.920. The molecule has 1 aliphatic rings. The third kappa shape index (κ3) is 3.85. The Morgan fingerprint density at radius 1 is 1.12 bits per heavy atom. The number of hydrogen-bond donors (Lipinski definition) is 2. The molecule has 1 aliphatic heterocycles. The number of amides is 3. The highest BCUT2D eigenvalue weighted by atomic mass is 19.1. The molecule has 2 aromatic rings. The van der Waals surface area contributed by atoms with Crippen molar-refractivity contribution in [1.29, 1.82) is 0 Å². The van der Waals surface area contributed by atoms with E-state index in [9.17, 15) is 23.2 Å². The van der Waals surface area contributed by atoms with Crippen molar-refractivity contribution in [3.63, 3.8) is 0 Å². The van der Waals surface area contributed by atoms with Crippen molar-refractivity contribution in [2.45, 2.75) is 12.8 Å². The minimum Gasteiger partial charge on any atom is -0.324 e. The highest BCUT2D eigenvalue weighted by molar-refractivity contribution is 6.10. The third-order valence-corrected chi connectivity index (χ3v) is 3.84. The Kier molecular flexibility index (Phi) is 4.92. The van der Waals surface area contributed by atoms with E-state index in [2.05, 4.69) is 10.6 Å². The van der Waals surface area contributed by atoms with Crippen LogP contribution in [-0.2, 0) is 14.4 Å². The largest absolute Gasteiger partial charge is 0.324 e. The fourth-order valence-corrected chi connectivity index (χ4v) is 2.61. The molecule has 0 atom stereocenters. The molecule has 0 unspecified atom stereocenters. The Balaban J connectivity index is 1.62. The van der Waals surface area contributed by atoms with Crippen LogP contribution in [0.15, 0.2) is 42.5 Å². The van der Waals surface area contributed by atoms with Crippen molar-refractivity contribution in [3.8, 4) is 0 Å². The summed E-state index contributed by atoms with van der Waals surface area (Å²) in [4.78, 5) is 37.4. The average Bonchev–Trinajstić information content (AvgIpc) is 2.61. The molecule has 26 heavy (non-hydrogen) atoms. The van der Waals surface area contributed by atoms with Crippen LogP contribution in [0.25, 0.3) is 0 Å². The lowest BCUT2D eigenvalue weighted by Gasteiger charge is -2.29. The maximum atomic E-state index is 13.5. The number of anilines is 3. The first-order chi connectivity index (χ1) is 12.4. The van der Waals surface area contributed by atoms with Crippen molar-refractivity contribution in [1.82, 2.24) is 0 Å². The Bertz CT molecular complexity index is 886. The number of hydrogen-bond acceptors (Lipinski definition) is 3. The number of nitrogens with one attached hydrogen (secondary N) is 2. The molecule has 2 aromatic carbocycles. The molecule has 3 rings (SSSR count). The molecule has 2 N–H and O–H groups in total. The summed E-state index contributed by atoms with van der Waals surface area (Å²) >= 11 is 0. The minimum atomic E-state index is -0.897. The molecule has 0 saturated heterocycles. The first-order valence-corrected chi connectivity index (χ1v) is 7.88. The lowest BCUT2D eigenvalue weighted by molar-refractivity contribution is -0.124. The van der Waals surface area contributed by atoms with Crippen molar-refractivity contribution in [2.75, 3.05) is 22.1 Å². The van der Waals surface area contributed by atoms with Gasteiger partial charge in [-0.1, -0.05) is 12.1 Å². The summed E-state index contributed by atoms with van der Waals surface area (Å²) in [5, 5.41) is 4.96. The number of halogens is 2. The van der Waals surface area contributed by atoms with E-state index in [-0.39, 0.29) is 31.0 Å². The van der Waals surface area contributed by atoms with Crippen molar-refractivity contribution < 1.29 is 23.2 Å². The van der Waals surface area contributed by atoms with Gasteiger partial charge in [-0.15, -0.1) is 0 Å². The van der Waals surface area contributed by atoms with Gasteiger partial charge in [0.25, 0.3) is 0 Å². The number of fused-ring (bicyclic) bond motifs is 1. The van der Waals surface area contributed by atoms with Gasteiger partial charge < -0.3 is 15.5 Å². The normalized spacial score (nSPS) is 13.0. The molecule has 0 saturated carbocycles. The van der Waals surface area contributed by atoms with Gasteiger partial charge >= 0.3 is 0 Å². The monoisotopic (exact) mass is 359 g/mol. The Labute approximate surface area is 147 Å². The van der Waals surface area contributed by atoms with Crippen molar-refractivity contribution in [3.05, 3.63) is 54.1 Å². The molecule has 0 aliphatic carbocycles. The van der Waals surface area contributed by atoms with Crippen molar-refractivity contribution >= 4 is 34.8 Å². The average molecular weight is 359 g/mol. The molecule has 1 heterocycles. The van der Waals surface area contributed by atoms with Crippen LogP contribution in [-0.4, -0.2) is 24.3 Å². The summed E-state index contributed by atoms with van der Waals surface area (Å²) in [6.45, 7) is -0.135. The first kappa shape index (κ1) is 17.5. The number of carbonyl (C=O) groups is 3. The standard InChI is InChI=1S/C18H15F2N3O3/c19-11-5-6-13(12(20)9-11)21-16(24)7-8-18(26)23-10-17(25)22-14-3-1-2-4-15(14)23/h1-6,9H,7-8,10H2,(H,21,24)(H,22,25). The van der Waals surface area contributed by atoms with Crippen LogP contribution in [0.4, 0.5) is 25.8 Å². The van der Waals surface area contributed by atoms with Crippen LogP contribution in [0.1, 0.15) is 12.8 Å². The van der Waals surface area contributed by atoms with E-state index >= 15 is 0 Å². The summed E-state index contributed by atoms with van der Waals surface area (Å²) in [6.07, 6.45) is -0.355. The van der Waals surface area contributed by atoms with Gasteiger partial charge in [-0.3, -0.25) is 14.4 Å². The van der Waals surface area contributed by atoms with Crippen molar-refractivity contribution in [2.24, 2.45) is 0 Å². The minimum absolute atomic E-state index is 0.135. The topological polar surface area (TPSA) is 78.5 Å². The zero-order valence-electron chi connectivity index (χ0n) is 13.6. The van der Waals surface area contributed by atoms with Crippen LogP contribution < -0.4 is 15.5 Å². The predicted octanol–water partition coefficient (Wildman–Crippen LogP) is 2.67. The molecule has 0 bridgehead atoms. The maximum Gasteiger partial charge on any atom is 0.244 e. The number of nitrogens with zero attached hydrogens (tertiary/aromatic N) is 1. The molecular weight excluding hydrogens is 344 g/mol. The highest BCUT2D eigenvalue weighted by Crippen LogP contribution is 2.29. The molecule has 0 spiro atoms. The zero-order chi connectivity index (χ0) is 18.7. The molecule has 6 nitrogen and oxygen atoms in total. The number of carbonyl (C=O) groups excluding carboxylic acids is 3. The fourth-order valence-electron chi connectivity index (χ4n) is 2.61. The van der Waals surface area contributed by atoms with E-state index in [1.807, 2.05) is 0 Å². The van der Waals surface area contributed by atoms with E-state index in [0.717, 1.165) is 12.1 Å². The number of benzene rings is 2. The second-order valence-corrected chi connectivity index (χ2v) is 5.72. The van der Waals surface area contributed by atoms with Crippen LogP contribution in [0, 0.1) is 11.6 Å². The Morgan fingerprint density at radius 2 is 1.88 bits per heavy atom. The lowest BCUT2D eigenvalue weighted by Crippen LogP contribution is -2.42. The Hall–Kier alpha value is -3.29. The SMILES string of the molecule is O=C(CCC(=O)N1CC(=O)Nc2ccccc21)Nc1ccc(F)cc1F. The van der Waals surface area contributed by atoms with E-state index in [4.69, 9.17) is 0 Å². The molecule has 8 heteroatoms. The maximum absolute atomic E-state index is 13.5. The quantitative estimate of drug-likeness (QED) is 0.881. The van der Waals surface area contributed by atoms with Gasteiger partial charge in [0.15, 0.2) is 0 Å². The summed E-state index contributed by atoms with van der Waals surface area (Å²) in [7, 11) is 0. The van der Waals surface area contributed by atoms with Gasteiger partial charge in [0.2, 0.25) is 17.7 Å². The van der Waals surface area contributed by atoms with Gasteiger partial charge in [-0.25, -0.2) is 8.78 Å². The van der Waals surface area contributed by atoms with Crippen LogP contribution in [0.3, 0.4) is 0 Å². The summed E-state index contributed by atoms with van der Waals surface area (Å²) in [6, 6.07) is 9.63. The molecule has 0 aromatic heterocycles. The van der Waals surface area contributed by atoms with Gasteiger partial charge in [0.1, 0.15) is 18.2 Å². The van der Waals surface area contributed by atoms with Gasteiger partial charge in [0, 0.05) is 18.9 Å².